The Balaban J connectivity index is 1.83. The molecule has 1 aromatic carbocycles. The Morgan fingerprint density at radius 3 is 2.88 bits per heavy atom. The topological polar surface area (TPSA) is 83.8 Å². The summed E-state index contributed by atoms with van der Waals surface area (Å²) in [6.07, 6.45) is 7.06. The van der Waals surface area contributed by atoms with E-state index >= 15 is 0 Å². The number of aryl methyl sites for hydroxylation is 2. The van der Waals surface area contributed by atoms with Crippen LogP contribution in [0.5, 0.6) is 0 Å². The number of benzene rings is 1. The molecule has 0 saturated heterocycles. The molecule has 132 valence electrons. The van der Waals surface area contributed by atoms with E-state index in [1.807, 2.05) is 0 Å². The maximum atomic E-state index is 12.0. The van der Waals surface area contributed by atoms with Gasteiger partial charge in [0.25, 0.3) is 5.91 Å². The van der Waals surface area contributed by atoms with Crippen molar-refractivity contribution in [2.24, 2.45) is 5.73 Å². The molecule has 5 nitrogen and oxygen atoms in total. The van der Waals surface area contributed by atoms with Gasteiger partial charge in [-0.3, -0.25) is 9.78 Å². The van der Waals surface area contributed by atoms with Gasteiger partial charge in [0.1, 0.15) is 0 Å². The van der Waals surface area contributed by atoms with Crippen LogP contribution in [-0.4, -0.2) is 22.4 Å². The molecule has 0 saturated carbocycles. The van der Waals surface area contributed by atoms with Gasteiger partial charge < -0.3 is 16.0 Å². The van der Waals surface area contributed by atoms with E-state index in [-0.39, 0.29) is 0 Å². The first kappa shape index (κ1) is 15.6. The van der Waals surface area contributed by atoms with Gasteiger partial charge in [0.05, 0.1) is 16.8 Å². The van der Waals surface area contributed by atoms with Crippen molar-refractivity contribution < 1.29 is 4.79 Å². The van der Waals surface area contributed by atoms with Gasteiger partial charge in [0, 0.05) is 29.4 Å². The average molecular weight is 346 g/mol. The summed E-state index contributed by atoms with van der Waals surface area (Å²) < 4.78 is 0. The fourth-order valence-corrected chi connectivity index (χ4v) is 4.55. The predicted octanol–water partition coefficient (Wildman–Crippen LogP) is 2.85. The molecule has 0 spiro atoms. The van der Waals surface area contributed by atoms with Crippen LogP contribution in [0, 0.1) is 0 Å². The Labute approximate surface area is 152 Å². The van der Waals surface area contributed by atoms with Gasteiger partial charge in [0.15, 0.2) is 0 Å². The summed E-state index contributed by atoms with van der Waals surface area (Å²) in [5.74, 6) is -0.424. The van der Waals surface area contributed by atoms with Crippen molar-refractivity contribution in [3.8, 4) is 11.3 Å². The monoisotopic (exact) mass is 346 g/mol. The van der Waals surface area contributed by atoms with Crippen molar-refractivity contribution >= 4 is 16.8 Å². The molecule has 1 aliphatic carbocycles. The van der Waals surface area contributed by atoms with Crippen LogP contribution >= 0.6 is 0 Å². The number of carbonyl (C=O) groups is 1. The summed E-state index contributed by atoms with van der Waals surface area (Å²) >= 11 is 0. The van der Waals surface area contributed by atoms with Gasteiger partial charge in [-0.2, -0.15) is 0 Å². The molecule has 1 amide bonds. The minimum absolute atomic E-state index is 0.424. The first-order valence-electron chi connectivity index (χ1n) is 9.38. The Morgan fingerprint density at radius 2 is 2.00 bits per heavy atom. The number of aromatic amines is 1. The van der Waals surface area contributed by atoms with E-state index in [1.54, 1.807) is 6.20 Å². The summed E-state index contributed by atoms with van der Waals surface area (Å²) in [5.41, 5.74) is 14.4. The van der Waals surface area contributed by atoms with Crippen LogP contribution in [0.15, 0.2) is 24.4 Å². The number of hydrogen-bond donors (Lipinski definition) is 3. The van der Waals surface area contributed by atoms with Crippen LogP contribution in [0.3, 0.4) is 0 Å². The SMILES string of the molecule is NC(=O)c1cnc(-c2cccc3c2CCNC3)c2c3c([nH]c12)CCCC3. The molecule has 5 heteroatoms. The van der Waals surface area contributed by atoms with E-state index in [1.165, 1.54) is 40.8 Å². The Hall–Kier alpha value is -2.66. The second-order valence-electron chi connectivity index (χ2n) is 7.29. The maximum Gasteiger partial charge on any atom is 0.252 e. The first-order valence-corrected chi connectivity index (χ1v) is 9.38. The van der Waals surface area contributed by atoms with E-state index in [2.05, 4.69) is 28.5 Å². The van der Waals surface area contributed by atoms with Crippen LogP contribution in [0.25, 0.3) is 22.2 Å². The summed E-state index contributed by atoms with van der Waals surface area (Å²) in [4.78, 5) is 20.2. The first-order chi connectivity index (χ1) is 12.7. The zero-order valence-corrected chi connectivity index (χ0v) is 14.7. The van der Waals surface area contributed by atoms with E-state index < -0.39 is 5.91 Å². The molecular formula is C21H22N4O. The summed E-state index contributed by atoms with van der Waals surface area (Å²) in [7, 11) is 0. The Bertz CT molecular complexity index is 1030. The van der Waals surface area contributed by atoms with Crippen molar-refractivity contribution in [1.29, 1.82) is 0 Å². The zero-order valence-electron chi connectivity index (χ0n) is 14.7. The Kier molecular flexibility index (Phi) is 3.57. The molecule has 0 bridgehead atoms. The largest absolute Gasteiger partial charge is 0.365 e. The fourth-order valence-electron chi connectivity index (χ4n) is 4.55. The lowest BCUT2D eigenvalue weighted by atomic mass is 9.89. The number of aromatic nitrogens is 2. The number of fused-ring (bicyclic) bond motifs is 4. The molecule has 2 aromatic heterocycles. The van der Waals surface area contributed by atoms with E-state index in [4.69, 9.17) is 10.7 Å². The van der Waals surface area contributed by atoms with Crippen molar-refractivity contribution in [2.45, 2.75) is 38.6 Å². The van der Waals surface area contributed by atoms with E-state index in [9.17, 15) is 4.79 Å². The third-order valence-electron chi connectivity index (χ3n) is 5.79. The number of nitrogens with zero attached hydrogens (tertiary/aromatic N) is 1. The van der Waals surface area contributed by atoms with Crippen molar-refractivity contribution in [1.82, 2.24) is 15.3 Å². The average Bonchev–Trinajstić information content (AvgIpc) is 3.06. The molecule has 2 aliphatic rings. The predicted molar refractivity (Wildman–Crippen MR) is 102 cm³/mol. The highest BCUT2D eigenvalue weighted by Crippen LogP contribution is 2.38. The van der Waals surface area contributed by atoms with Crippen molar-refractivity contribution in [3.05, 3.63) is 52.3 Å². The fraction of sp³-hybridized carbons (Fsp3) is 0.333. The third kappa shape index (κ3) is 2.27. The van der Waals surface area contributed by atoms with E-state index in [0.717, 1.165) is 48.9 Å². The minimum atomic E-state index is -0.424. The van der Waals surface area contributed by atoms with Gasteiger partial charge in [-0.15, -0.1) is 0 Å². The molecule has 0 radical (unpaired) electrons. The number of pyridine rings is 1. The second kappa shape index (κ2) is 5.95. The third-order valence-corrected chi connectivity index (χ3v) is 5.79. The highest BCUT2D eigenvalue weighted by molar-refractivity contribution is 6.09. The van der Waals surface area contributed by atoms with Gasteiger partial charge in [0.2, 0.25) is 0 Å². The Morgan fingerprint density at radius 1 is 1.12 bits per heavy atom. The van der Waals surface area contributed by atoms with Crippen molar-refractivity contribution in [2.75, 3.05) is 6.54 Å². The van der Waals surface area contributed by atoms with E-state index in [0.29, 0.717) is 5.56 Å². The number of primary amides is 1. The molecule has 0 unspecified atom stereocenters. The normalized spacial score (nSPS) is 16.3. The van der Waals surface area contributed by atoms with Crippen LogP contribution in [0.1, 0.15) is 45.6 Å². The summed E-state index contributed by atoms with van der Waals surface area (Å²) in [6.45, 7) is 1.88. The number of carbonyl (C=O) groups excluding carboxylic acids is 1. The van der Waals surface area contributed by atoms with Gasteiger partial charge >= 0.3 is 0 Å². The molecule has 3 heterocycles. The zero-order chi connectivity index (χ0) is 17.7. The highest BCUT2D eigenvalue weighted by Gasteiger charge is 2.24. The molecule has 3 aromatic rings. The number of amides is 1. The minimum Gasteiger partial charge on any atom is -0.365 e. The van der Waals surface area contributed by atoms with Crippen LogP contribution < -0.4 is 11.1 Å². The molecule has 5 rings (SSSR count). The molecule has 0 fully saturated rings. The van der Waals surface area contributed by atoms with Gasteiger partial charge in [-0.25, -0.2) is 0 Å². The molecule has 0 atom stereocenters. The van der Waals surface area contributed by atoms with Gasteiger partial charge in [-0.05, 0) is 55.3 Å². The smallest absolute Gasteiger partial charge is 0.252 e. The van der Waals surface area contributed by atoms with Crippen LogP contribution in [-0.2, 0) is 25.8 Å². The number of nitrogens with two attached hydrogens (primary N) is 1. The number of H-pyrrole nitrogens is 1. The number of rotatable bonds is 2. The standard InChI is InChI=1S/C21H22N4O/c22-21(26)16-11-24-19(14-6-3-4-12-10-23-9-8-13(12)14)18-15-5-1-2-7-17(15)25-20(16)18/h3-4,6,11,23,25H,1-2,5,7-10H2,(H2,22,26). The number of nitrogens with one attached hydrogen (secondary N) is 2. The molecule has 1 aliphatic heterocycles. The van der Waals surface area contributed by atoms with Crippen molar-refractivity contribution in [3.63, 3.8) is 0 Å². The molecular weight excluding hydrogens is 324 g/mol. The quantitative estimate of drug-likeness (QED) is 0.667. The lowest BCUT2D eigenvalue weighted by molar-refractivity contribution is 0.100. The summed E-state index contributed by atoms with van der Waals surface area (Å²) in [5, 5.41) is 4.54. The molecule has 26 heavy (non-hydrogen) atoms. The lowest BCUT2D eigenvalue weighted by Crippen LogP contribution is -2.24. The highest BCUT2D eigenvalue weighted by atomic mass is 16.1. The second-order valence-corrected chi connectivity index (χ2v) is 7.29. The number of hydrogen-bond acceptors (Lipinski definition) is 3. The molecule has 4 N–H and O–H groups in total. The van der Waals surface area contributed by atoms with Crippen LogP contribution in [0.2, 0.25) is 0 Å². The maximum absolute atomic E-state index is 12.0. The lowest BCUT2D eigenvalue weighted by Gasteiger charge is -2.21. The van der Waals surface area contributed by atoms with Gasteiger partial charge in [-0.1, -0.05) is 18.2 Å². The summed E-state index contributed by atoms with van der Waals surface area (Å²) in [6, 6.07) is 6.46. The van der Waals surface area contributed by atoms with Crippen LogP contribution in [0.4, 0.5) is 0 Å².